The van der Waals surface area contributed by atoms with E-state index < -0.39 is 10.0 Å². The van der Waals surface area contributed by atoms with Crippen LogP contribution in [0.3, 0.4) is 0 Å². The lowest BCUT2D eigenvalue weighted by Gasteiger charge is -2.09. The first kappa shape index (κ1) is 16.7. The van der Waals surface area contributed by atoms with Gasteiger partial charge in [0.05, 0.1) is 11.1 Å². The van der Waals surface area contributed by atoms with E-state index in [0.29, 0.717) is 17.1 Å². The summed E-state index contributed by atoms with van der Waals surface area (Å²) in [7, 11) is -3.72. The van der Waals surface area contributed by atoms with Gasteiger partial charge in [-0.15, -0.1) is 0 Å². The van der Waals surface area contributed by atoms with E-state index in [2.05, 4.69) is 15.0 Å². The summed E-state index contributed by atoms with van der Waals surface area (Å²) in [6.07, 6.45) is 2.91. The van der Waals surface area contributed by atoms with Crippen molar-refractivity contribution in [3.8, 4) is 11.3 Å². The van der Waals surface area contributed by atoms with Gasteiger partial charge in [-0.1, -0.05) is 0 Å². The van der Waals surface area contributed by atoms with Crippen LogP contribution in [0.4, 0.5) is 11.4 Å². The predicted molar refractivity (Wildman–Crippen MR) is 93.5 cm³/mol. The van der Waals surface area contributed by atoms with Crippen molar-refractivity contribution >= 4 is 27.3 Å². The maximum absolute atomic E-state index is 12.4. The number of hydrogen-bond donors (Lipinski definition) is 2. The van der Waals surface area contributed by atoms with Crippen molar-refractivity contribution in [2.75, 3.05) is 10.0 Å². The summed E-state index contributed by atoms with van der Waals surface area (Å²) in [5, 5.41) is 2.58. The van der Waals surface area contributed by atoms with Crippen molar-refractivity contribution in [2.45, 2.75) is 11.8 Å². The van der Waals surface area contributed by atoms with Crippen LogP contribution < -0.4 is 10.0 Å². The number of anilines is 2. The molecule has 3 aromatic rings. The average molecular weight is 357 g/mol. The molecule has 3 rings (SSSR count). The van der Waals surface area contributed by atoms with Gasteiger partial charge in [0.15, 0.2) is 12.2 Å². The molecular formula is C17H15N3O4S. The maximum atomic E-state index is 12.4. The van der Waals surface area contributed by atoms with Crippen molar-refractivity contribution in [3.63, 3.8) is 0 Å². The highest BCUT2D eigenvalue weighted by molar-refractivity contribution is 7.92. The van der Waals surface area contributed by atoms with Gasteiger partial charge in [-0.2, -0.15) is 0 Å². The Morgan fingerprint density at radius 3 is 2.20 bits per heavy atom. The number of benzene rings is 2. The molecular weight excluding hydrogens is 342 g/mol. The summed E-state index contributed by atoms with van der Waals surface area (Å²) in [5.74, 6) is 0.378. The minimum atomic E-state index is -3.72. The molecule has 8 heteroatoms. The monoisotopic (exact) mass is 357 g/mol. The van der Waals surface area contributed by atoms with Gasteiger partial charge in [0.2, 0.25) is 5.91 Å². The smallest absolute Gasteiger partial charge is 0.261 e. The summed E-state index contributed by atoms with van der Waals surface area (Å²) in [6.45, 7) is 1.38. The molecule has 7 nitrogen and oxygen atoms in total. The van der Waals surface area contributed by atoms with Gasteiger partial charge in [0.25, 0.3) is 10.0 Å². The minimum Gasteiger partial charge on any atom is -0.444 e. The van der Waals surface area contributed by atoms with Crippen LogP contribution in [0.2, 0.25) is 0 Å². The Morgan fingerprint density at radius 1 is 1.00 bits per heavy atom. The lowest BCUT2D eigenvalue weighted by atomic mass is 10.2. The second-order valence-electron chi connectivity index (χ2n) is 5.25. The van der Waals surface area contributed by atoms with E-state index in [1.807, 2.05) is 0 Å². The molecule has 0 bridgehead atoms. The average Bonchev–Trinajstić information content (AvgIpc) is 3.09. The molecule has 0 spiro atoms. The van der Waals surface area contributed by atoms with Crippen LogP contribution in [0.5, 0.6) is 0 Å². The van der Waals surface area contributed by atoms with Crippen LogP contribution in [0.15, 0.2) is 70.4 Å². The van der Waals surface area contributed by atoms with E-state index in [4.69, 9.17) is 4.42 Å². The van der Waals surface area contributed by atoms with E-state index in [9.17, 15) is 13.2 Å². The number of carbonyl (C=O) groups is 1. The van der Waals surface area contributed by atoms with E-state index >= 15 is 0 Å². The van der Waals surface area contributed by atoms with Crippen molar-refractivity contribution in [1.82, 2.24) is 4.98 Å². The Balaban J connectivity index is 1.75. The highest BCUT2D eigenvalue weighted by Gasteiger charge is 2.14. The fourth-order valence-electron chi connectivity index (χ4n) is 2.20. The third kappa shape index (κ3) is 4.04. The zero-order valence-corrected chi connectivity index (χ0v) is 14.1. The molecule has 2 N–H and O–H groups in total. The van der Waals surface area contributed by atoms with Gasteiger partial charge in [-0.25, -0.2) is 13.4 Å². The second-order valence-corrected chi connectivity index (χ2v) is 6.94. The lowest BCUT2D eigenvalue weighted by molar-refractivity contribution is -0.114. The van der Waals surface area contributed by atoms with Crippen LogP contribution >= 0.6 is 0 Å². The zero-order chi connectivity index (χ0) is 17.9. The normalized spacial score (nSPS) is 11.1. The first-order chi connectivity index (χ1) is 11.9. The maximum Gasteiger partial charge on any atom is 0.261 e. The van der Waals surface area contributed by atoms with Gasteiger partial charge in [-0.05, 0) is 48.5 Å². The number of sulfonamides is 1. The molecule has 1 heterocycles. The van der Waals surface area contributed by atoms with E-state index in [0.717, 1.165) is 5.56 Å². The van der Waals surface area contributed by atoms with Crippen LogP contribution in [-0.4, -0.2) is 19.3 Å². The van der Waals surface area contributed by atoms with Gasteiger partial charge in [-0.3, -0.25) is 9.52 Å². The molecule has 0 fully saturated rings. The summed E-state index contributed by atoms with van der Waals surface area (Å²) in [5.41, 5.74) is 1.75. The second kappa shape index (κ2) is 6.78. The number of aromatic nitrogens is 1. The standard InChI is InChI=1S/C17H15N3O4S/c1-12(21)19-14-6-8-16(9-7-14)25(22,23)20-15-4-2-13(3-5-15)17-10-18-11-24-17/h2-11,20H,1H3,(H,19,21). The third-order valence-corrected chi connectivity index (χ3v) is 4.74. The number of nitrogens with one attached hydrogen (secondary N) is 2. The van der Waals surface area contributed by atoms with E-state index in [-0.39, 0.29) is 10.8 Å². The lowest BCUT2D eigenvalue weighted by Crippen LogP contribution is -2.13. The van der Waals surface area contributed by atoms with E-state index in [1.54, 1.807) is 30.5 Å². The fourth-order valence-corrected chi connectivity index (χ4v) is 3.25. The molecule has 0 aliphatic rings. The first-order valence-corrected chi connectivity index (χ1v) is 8.82. The molecule has 0 saturated carbocycles. The molecule has 0 saturated heterocycles. The highest BCUT2D eigenvalue weighted by atomic mass is 32.2. The molecule has 0 unspecified atom stereocenters. The molecule has 0 radical (unpaired) electrons. The topological polar surface area (TPSA) is 101 Å². The Morgan fingerprint density at radius 2 is 1.64 bits per heavy atom. The van der Waals surface area contributed by atoms with Crippen LogP contribution in [0.1, 0.15) is 6.92 Å². The van der Waals surface area contributed by atoms with Crippen LogP contribution in [0, 0.1) is 0 Å². The van der Waals surface area contributed by atoms with Crippen LogP contribution in [0.25, 0.3) is 11.3 Å². The highest BCUT2D eigenvalue weighted by Crippen LogP contribution is 2.23. The number of nitrogens with zero attached hydrogens (tertiary/aromatic N) is 1. The van der Waals surface area contributed by atoms with Crippen LogP contribution in [-0.2, 0) is 14.8 Å². The Hall–Kier alpha value is -3.13. The largest absolute Gasteiger partial charge is 0.444 e. The number of rotatable bonds is 5. The zero-order valence-electron chi connectivity index (χ0n) is 13.3. The SMILES string of the molecule is CC(=O)Nc1ccc(S(=O)(=O)Nc2ccc(-c3cnco3)cc2)cc1. The van der Waals surface area contributed by atoms with Crippen molar-refractivity contribution in [1.29, 1.82) is 0 Å². The Kier molecular flexibility index (Phi) is 4.53. The molecule has 2 aromatic carbocycles. The quantitative estimate of drug-likeness (QED) is 0.731. The molecule has 0 aliphatic heterocycles. The van der Waals surface area contributed by atoms with Crippen molar-refractivity contribution in [2.24, 2.45) is 0 Å². The molecule has 25 heavy (non-hydrogen) atoms. The summed E-state index contributed by atoms with van der Waals surface area (Å²) >= 11 is 0. The number of amides is 1. The molecule has 128 valence electrons. The van der Waals surface area contributed by atoms with Gasteiger partial charge >= 0.3 is 0 Å². The van der Waals surface area contributed by atoms with E-state index in [1.165, 1.54) is 37.6 Å². The van der Waals surface area contributed by atoms with Crippen molar-refractivity contribution in [3.05, 3.63) is 61.1 Å². The van der Waals surface area contributed by atoms with Gasteiger partial charge in [0.1, 0.15) is 0 Å². The number of carbonyl (C=O) groups excluding carboxylic acids is 1. The summed E-state index contributed by atoms with van der Waals surface area (Å²) < 4.78 is 32.5. The van der Waals surface area contributed by atoms with Gasteiger partial charge < -0.3 is 9.73 Å². The predicted octanol–water partition coefficient (Wildman–Crippen LogP) is 3.10. The Bertz CT molecular complexity index is 964. The first-order valence-electron chi connectivity index (χ1n) is 7.33. The Labute approximate surface area is 144 Å². The summed E-state index contributed by atoms with van der Waals surface area (Å²) in [6, 6.07) is 12.7. The number of hydrogen-bond acceptors (Lipinski definition) is 5. The van der Waals surface area contributed by atoms with Gasteiger partial charge in [0, 0.05) is 23.9 Å². The number of oxazole rings is 1. The molecule has 0 atom stereocenters. The molecule has 0 aliphatic carbocycles. The third-order valence-electron chi connectivity index (χ3n) is 3.34. The fraction of sp³-hybridized carbons (Fsp3) is 0.0588. The summed E-state index contributed by atoms with van der Waals surface area (Å²) in [4.78, 5) is 14.9. The van der Waals surface area contributed by atoms with Crippen molar-refractivity contribution < 1.29 is 17.6 Å². The molecule has 1 aromatic heterocycles. The minimum absolute atomic E-state index is 0.0981. The molecule has 1 amide bonds.